The van der Waals surface area contributed by atoms with Crippen molar-refractivity contribution in [3.8, 4) is 0 Å². The van der Waals surface area contributed by atoms with E-state index in [9.17, 15) is 9.18 Å². The van der Waals surface area contributed by atoms with E-state index in [1.54, 1.807) is 26.0 Å². The number of hydrogen-bond acceptors (Lipinski definition) is 3. The average Bonchev–Trinajstić information content (AvgIpc) is 2.28. The van der Waals surface area contributed by atoms with Crippen LogP contribution in [0.25, 0.3) is 0 Å². The first-order valence-electron chi connectivity index (χ1n) is 6.11. The summed E-state index contributed by atoms with van der Waals surface area (Å²) in [5.74, 6) is -0.766. The maximum atomic E-state index is 13.3. The molecule has 0 amide bonds. The van der Waals surface area contributed by atoms with Gasteiger partial charge >= 0.3 is 5.97 Å². The maximum Gasteiger partial charge on any atom is 0.330 e. The van der Waals surface area contributed by atoms with Crippen LogP contribution >= 0.6 is 0 Å². The monoisotopic (exact) mass is 253 g/mol. The fourth-order valence-corrected chi connectivity index (χ4v) is 1.91. The molecule has 0 heterocycles. The van der Waals surface area contributed by atoms with Crippen molar-refractivity contribution in [2.45, 2.75) is 39.3 Å². The van der Waals surface area contributed by atoms with E-state index < -0.39 is 11.5 Å². The normalized spacial score (nSPS) is 14.3. The van der Waals surface area contributed by atoms with E-state index in [-0.39, 0.29) is 11.9 Å². The molecule has 1 atom stereocenters. The Bertz CT molecular complexity index is 420. The Morgan fingerprint density at radius 3 is 2.67 bits per heavy atom. The highest BCUT2D eigenvalue weighted by atomic mass is 19.1. The topological polar surface area (TPSA) is 38.3 Å². The van der Waals surface area contributed by atoms with E-state index >= 15 is 0 Å². The minimum Gasteiger partial charge on any atom is -0.464 e. The molecule has 0 bridgehead atoms. The third-order valence-electron chi connectivity index (χ3n) is 2.66. The Morgan fingerprint density at radius 2 is 2.17 bits per heavy atom. The van der Waals surface area contributed by atoms with Crippen molar-refractivity contribution < 1.29 is 13.9 Å². The van der Waals surface area contributed by atoms with Crippen LogP contribution < -0.4 is 5.32 Å². The van der Waals surface area contributed by atoms with E-state index in [0.29, 0.717) is 12.2 Å². The van der Waals surface area contributed by atoms with Crippen LogP contribution in [0.3, 0.4) is 0 Å². The zero-order chi connectivity index (χ0) is 13.8. The lowest BCUT2D eigenvalue weighted by Gasteiger charge is -2.31. The molecule has 0 spiro atoms. The standard InChI is InChI=1S/C14H20FNO2/c1-5-18-13(17)14(4,16-10(2)3)11-7-6-8-12(15)9-11/h6-10,16H,5H2,1-4H3. The van der Waals surface area contributed by atoms with E-state index in [0.717, 1.165) is 0 Å². The molecule has 3 nitrogen and oxygen atoms in total. The van der Waals surface area contributed by atoms with E-state index in [1.165, 1.54) is 12.1 Å². The summed E-state index contributed by atoms with van der Waals surface area (Å²) in [6, 6.07) is 6.08. The molecule has 0 aliphatic heterocycles. The summed E-state index contributed by atoms with van der Waals surface area (Å²) in [6.07, 6.45) is 0. The van der Waals surface area contributed by atoms with Gasteiger partial charge in [-0.15, -0.1) is 0 Å². The molecule has 1 aromatic rings. The van der Waals surface area contributed by atoms with Gasteiger partial charge in [-0.1, -0.05) is 12.1 Å². The lowest BCUT2D eigenvalue weighted by molar-refractivity contribution is -0.151. The first kappa shape index (κ1) is 14.6. The molecule has 1 N–H and O–H groups in total. The smallest absolute Gasteiger partial charge is 0.330 e. The fraction of sp³-hybridized carbons (Fsp3) is 0.500. The Kier molecular flexibility index (Phi) is 4.84. The second-order valence-corrected chi connectivity index (χ2v) is 4.65. The summed E-state index contributed by atoms with van der Waals surface area (Å²) in [5.41, 5.74) is -0.471. The highest BCUT2D eigenvalue weighted by Gasteiger charge is 2.37. The lowest BCUT2D eigenvalue weighted by atomic mass is 9.91. The Balaban J connectivity index is 3.15. The van der Waals surface area contributed by atoms with Crippen LogP contribution in [0.15, 0.2) is 24.3 Å². The van der Waals surface area contributed by atoms with Gasteiger partial charge in [0.25, 0.3) is 0 Å². The van der Waals surface area contributed by atoms with Crippen LogP contribution in [0, 0.1) is 5.82 Å². The van der Waals surface area contributed by atoms with Crippen molar-refractivity contribution in [1.82, 2.24) is 5.32 Å². The first-order chi connectivity index (χ1) is 8.40. The van der Waals surface area contributed by atoms with Crippen LogP contribution in [0.1, 0.15) is 33.3 Å². The zero-order valence-corrected chi connectivity index (χ0v) is 11.3. The molecule has 0 fully saturated rings. The Hall–Kier alpha value is -1.42. The predicted molar refractivity (Wildman–Crippen MR) is 68.7 cm³/mol. The zero-order valence-electron chi connectivity index (χ0n) is 11.3. The van der Waals surface area contributed by atoms with Gasteiger partial charge in [0, 0.05) is 6.04 Å². The summed E-state index contributed by atoms with van der Waals surface area (Å²) in [5, 5.41) is 3.14. The third-order valence-corrected chi connectivity index (χ3v) is 2.66. The number of halogens is 1. The molecule has 4 heteroatoms. The van der Waals surface area contributed by atoms with Crippen molar-refractivity contribution in [3.05, 3.63) is 35.6 Å². The molecule has 100 valence electrons. The van der Waals surface area contributed by atoms with Gasteiger partial charge in [-0.05, 0) is 45.4 Å². The second-order valence-electron chi connectivity index (χ2n) is 4.65. The minimum atomic E-state index is -1.04. The van der Waals surface area contributed by atoms with Crippen molar-refractivity contribution in [2.24, 2.45) is 0 Å². The van der Waals surface area contributed by atoms with Crippen LogP contribution in [0.5, 0.6) is 0 Å². The average molecular weight is 253 g/mol. The lowest BCUT2D eigenvalue weighted by Crippen LogP contribution is -2.50. The van der Waals surface area contributed by atoms with Gasteiger partial charge in [0.05, 0.1) is 6.61 Å². The van der Waals surface area contributed by atoms with Gasteiger partial charge in [0.15, 0.2) is 0 Å². The number of rotatable bonds is 5. The molecule has 18 heavy (non-hydrogen) atoms. The molecule has 1 aromatic carbocycles. The van der Waals surface area contributed by atoms with Crippen molar-refractivity contribution in [3.63, 3.8) is 0 Å². The molecule has 1 rings (SSSR count). The van der Waals surface area contributed by atoms with Gasteiger partial charge in [-0.2, -0.15) is 0 Å². The van der Waals surface area contributed by atoms with Crippen LogP contribution in [-0.2, 0) is 15.1 Å². The van der Waals surface area contributed by atoms with Crippen LogP contribution in [-0.4, -0.2) is 18.6 Å². The SMILES string of the molecule is CCOC(=O)C(C)(NC(C)C)c1cccc(F)c1. The molecule has 1 unspecified atom stereocenters. The van der Waals surface area contributed by atoms with Gasteiger partial charge < -0.3 is 4.74 Å². The molecule has 0 aliphatic carbocycles. The van der Waals surface area contributed by atoms with E-state index in [4.69, 9.17) is 4.74 Å². The maximum absolute atomic E-state index is 13.3. The number of hydrogen-bond donors (Lipinski definition) is 1. The Labute approximate surface area is 107 Å². The largest absolute Gasteiger partial charge is 0.464 e. The molecule has 0 saturated carbocycles. The summed E-state index contributed by atoms with van der Waals surface area (Å²) in [7, 11) is 0. The Morgan fingerprint density at radius 1 is 1.50 bits per heavy atom. The van der Waals surface area contributed by atoms with Gasteiger partial charge in [-0.3, -0.25) is 5.32 Å². The highest BCUT2D eigenvalue weighted by Crippen LogP contribution is 2.24. The predicted octanol–water partition coefficient (Wildman–Crippen LogP) is 2.60. The molecule has 0 radical (unpaired) electrons. The molecular formula is C14H20FNO2. The number of esters is 1. The summed E-state index contributed by atoms with van der Waals surface area (Å²) in [4.78, 5) is 12.1. The molecule has 0 aliphatic rings. The number of ether oxygens (including phenoxy) is 1. The second kappa shape index (κ2) is 5.96. The van der Waals surface area contributed by atoms with Crippen LogP contribution in [0.2, 0.25) is 0 Å². The number of carbonyl (C=O) groups is 1. The molecular weight excluding hydrogens is 233 g/mol. The van der Waals surface area contributed by atoms with Crippen LogP contribution in [0.4, 0.5) is 4.39 Å². The number of carbonyl (C=O) groups excluding carboxylic acids is 1. The summed E-state index contributed by atoms with van der Waals surface area (Å²) >= 11 is 0. The van der Waals surface area contributed by atoms with Crippen molar-refractivity contribution in [2.75, 3.05) is 6.61 Å². The van der Waals surface area contributed by atoms with Gasteiger partial charge in [0.2, 0.25) is 0 Å². The summed E-state index contributed by atoms with van der Waals surface area (Å²) < 4.78 is 18.4. The van der Waals surface area contributed by atoms with Crippen molar-refractivity contribution in [1.29, 1.82) is 0 Å². The van der Waals surface area contributed by atoms with E-state index in [2.05, 4.69) is 5.32 Å². The summed E-state index contributed by atoms with van der Waals surface area (Å²) in [6.45, 7) is 7.61. The molecule has 0 saturated heterocycles. The fourth-order valence-electron chi connectivity index (χ4n) is 1.91. The van der Waals surface area contributed by atoms with Crippen molar-refractivity contribution >= 4 is 5.97 Å². The minimum absolute atomic E-state index is 0.0719. The van der Waals surface area contributed by atoms with E-state index in [1.807, 2.05) is 13.8 Å². The quantitative estimate of drug-likeness (QED) is 0.820. The van der Waals surface area contributed by atoms with Gasteiger partial charge in [-0.25, -0.2) is 9.18 Å². The first-order valence-corrected chi connectivity index (χ1v) is 6.11. The number of benzene rings is 1. The number of nitrogens with one attached hydrogen (secondary N) is 1. The molecule has 0 aromatic heterocycles. The highest BCUT2D eigenvalue weighted by molar-refractivity contribution is 5.82. The van der Waals surface area contributed by atoms with Gasteiger partial charge in [0.1, 0.15) is 11.4 Å². The third kappa shape index (κ3) is 3.29.